The van der Waals surface area contributed by atoms with Crippen LogP contribution in [0, 0.1) is 0 Å². The summed E-state index contributed by atoms with van der Waals surface area (Å²) in [6.07, 6.45) is 2.23. The molecule has 2 rings (SSSR count). The number of benzene rings is 2. The van der Waals surface area contributed by atoms with Crippen LogP contribution in [0.25, 0.3) is 11.1 Å². The molecule has 0 aliphatic carbocycles. The Kier molecular flexibility index (Phi) is 5.64. The smallest absolute Gasteiger partial charge is 0.175 e. The summed E-state index contributed by atoms with van der Waals surface area (Å²) in [6.45, 7) is 0. The van der Waals surface area contributed by atoms with E-state index in [1.54, 1.807) is 12.1 Å². The minimum atomic E-state index is -3.41. The first-order chi connectivity index (χ1) is 11.1. The van der Waals surface area contributed by atoms with E-state index in [4.69, 9.17) is 23.2 Å². The van der Waals surface area contributed by atoms with E-state index >= 15 is 0 Å². The van der Waals surface area contributed by atoms with Gasteiger partial charge in [0.1, 0.15) is 0 Å². The van der Waals surface area contributed by atoms with E-state index in [0.717, 1.165) is 12.5 Å². The second kappa shape index (κ2) is 7.04. The van der Waals surface area contributed by atoms with Gasteiger partial charge in [0, 0.05) is 24.3 Å². The lowest BCUT2D eigenvalue weighted by Crippen LogP contribution is -2.02. The number of alkyl halides is 2. The molecule has 24 heavy (non-hydrogen) atoms. The fourth-order valence-corrected chi connectivity index (χ4v) is 4.07. The highest BCUT2D eigenvalue weighted by molar-refractivity contribution is 7.91. The van der Waals surface area contributed by atoms with Gasteiger partial charge < -0.3 is 0 Å². The molecule has 0 bridgehead atoms. The summed E-state index contributed by atoms with van der Waals surface area (Å²) >= 11 is 11.9. The van der Waals surface area contributed by atoms with Crippen LogP contribution in [0.1, 0.15) is 11.1 Å². The maximum atomic E-state index is 11.8. The zero-order chi connectivity index (χ0) is 18.1. The molecule has 0 unspecified atom stereocenters. The molecular weight excluding hydrogens is 391 g/mol. The van der Waals surface area contributed by atoms with Gasteiger partial charge in [-0.2, -0.15) is 0 Å². The third-order valence-electron chi connectivity index (χ3n) is 3.60. The number of sulfone groups is 2. The average Bonchev–Trinajstić information content (AvgIpc) is 2.51. The van der Waals surface area contributed by atoms with Gasteiger partial charge in [-0.1, -0.05) is 12.1 Å². The fraction of sp³-hybridized carbons (Fsp3) is 0.250. The Morgan fingerprint density at radius 1 is 0.708 bits per heavy atom. The Hall–Kier alpha value is -1.08. The molecule has 0 spiro atoms. The van der Waals surface area contributed by atoms with Crippen LogP contribution in [0.3, 0.4) is 0 Å². The predicted octanol–water partition coefficient (Wildman–Crippen LogP) is 3.64. The quantitative estimate of drug-likeness (QED) is 0.710. The van der Waals surface area contributed by atoms with Crippen molar-refractivity contribution in [1.29, 1.82) is 0 Å². The Morgan fingerprint density at radius 3 is 1.29 bits per heavy atom. The average molecular weight is 407 g/mol. The number of hydrogen-bond donors (Lipinski definition) is 0. The molecule has 0 amide bonds. The van der Waals surface area contributed by atoms with Gasteiger partial charge in [-0.25, -0.2) is 16.8 Å². The Balaban J connectivity index is 2.83. The normalized spacial score (nSPS) is 12.3. The molecule has 0 atom stereocenters. The maximum absolute atomic E-state index is 11.8. The molecule has 0 fully saturated rings. The topological polar surface area (TPSA) is 68.3 Å². The summed E-state index contributed by atoms with van der Waals surface area (Å²) < 4.78 is 47.4. The second-order valence-corrected chi connectivity index (χ2v) is 10.0. The summed E-state index contributed by atoms with van der Waals surface area (Å²) in [4.78, 5) is 0.272. The van der Waals surface area contributed by atoms with Crippen LogP contribution in [-0.2, 0) is 31.4 Å². The molecule has 0 aliphatic rings. The van der Waals surface area contributed by atoms with Crippen LogP contribution >= 0.6 is 23.2 Å². The van der Waals surface area contributed by atoms with Gasteiger partial charge in [0.05, 0.1) is 9.79 Å². The van der Waals surface area contributed by atoms with Crippen molar-refractivity contribution in [3.05, 3.63) is 47.5 Å². The third-order valence-corrected chi connectivity index (χ3v) is 6.39. The molecule has 2 aromatic rings. The van der Waals surface area contributed by atoms with Crippen molar-refractivity contribution in [3.63, 3.8) is 0 Å². The van der Waals surface area contributed by atoms with Crippen LogP contribution in [0.5, 0.6) is 0 Å². The van der Waals surface area contributed by atoms with Gasteiger partial charge in [-0.3, -0.25) is 0 Å². The molecule has 0 aromatic heterocycles. The van der Waals surface area contributed by atoms with Crippen molar-refractivity contribution in [1.82, 2.24) is 0 Å². The molecule has 0 radical (unpaired) electrons. The lowest BCUT2D eigenvalue weighted by atomic mass is 9.96. The first-order valence-corrected chi connectivity index (χ1v) is 11.7. The van der Waals surface area contributed by atoms with Crippen molar-refractivity contribution in [2.24, 2.45) is 0 Å². The molecule has 130 valence electrons. The van der Waals surface area contributed by atoms with Gasteiger partial charge in [-0.15, -0.1) is 23.2 Å². The summed E-state index contributed by atoms with van der Waals surface area (Å²) in [5.41, 5.74) is 2.52. The summed E-state index contributed by atoms with van der Waals surface area (Å²) in [5, 5.41) is 0. The summed E-state index contributed by atoms with van der Waals surface area (Å²) in [7, 11) is -6.82. The molecule has 0 aliphatic heterocycles. The van der Waals surface area contributed by atoms with Crippen LogP contribution in [0.4, 0.5) is 0 Å². The van der Waals surface area contributed by atoms with E-state index in [1.807, 2.05) is 0 Å². The highest BCUT2D eigenvalue weighted by Crippen LogP contribution is 2.33. The van der Waals surface area contributed by atoms with Gasteiger partial charge in [0.25, 0.3) is 0 Å². The molecule has 8 heteroatoms. The Bertz CT molecular complexity index is 900. The van der Waals surface area contributed by atoms with Crippen molar-refractivity contribution in [3.8, 4) is 11.1 Å². The van der Waals surface area contributed by atoms with E-state index in [2.05, 4.69) is 0 Å². The van der Waals surface area contributed by atoms with Crippen molar-refractivity contribution in [2.75, 3.05) is 12.5 Å². The number of hydrogen-bond acceptors (Lipinski definition) is 4. The van der Waals surface area contributed by atoms with Gasteiger partial charge in [0.15, 0.2) is 19.7 Å². The van der Waals surface area contributed by atoms with E-state index in [1.165, 1.54) is 24.3 Å². The van der Waals surface area contributed by atoms with Crippen LogP contribution in [0.15, 0.2) is 46.2 Å². The van der Waals surface area contributed by atoms with Crippen LogP contribution in [-0.4, -0.2) is 29.3 Å². The SMILES string of the molecule is CS(=O)(=O)c1ccc(CCl)c(-c2cc(S(C)(=O)=O)ccc2CCl)c1. The number of halogens is 2. The minimum Gasteiger partial charge on any atom is -0.224 e. The monoisotopic (exact) mass is 406 g/mol. The second-order valence-electron chi connectivity index (χ2n) is 5.45. The molecule has 0 saturated carbocycles. The van der Waals surface area contributed by atoms with Crippen molar-refractivity contribution < 1.29 is 16.8 Å². The molecular formula is C16H16Cl2O4S2. The largest absolute Gasteiger partial charge is 0.224 e. The zero-order valence-electron chi connectivity index (χ0n) is 13.1. The number of rotatable bonds is 5. The van der Waals surface area contributed by atoms with Gasteiger partial charge in [-0.05, 0) is 46.5 Å². The molecule has 2 aromatic carbocycles. The fourth-order valence-electron chi connectivity index (χ4n) is 2.31. The molecule has 4 nitrogen and oxygen atoms in total. The standard InChI is InChI=1S/C16H16Cl2O4S2/c1-23(19,20)13-5-3-11(9-17)15(7-13)16-8-14(24(2,21)22)6-4-12(16)10-18/h3-8H,9-10H2,1-2H3. The van der Waals surface area contributed by atoms with Crippen LogP contribution < -0.4 is 0 Å². The summed E-state index contributed by atoms with van der Waals surface area (Å²) in [6, 6.07) is 9.23. The molecule has 0 N–H and O–H groups in total. The van der Waals surface area contributed by atoms with E-state index in [9.17, 15) is 16.8 Å². The minimum absolute atomic E-state index is 0.136. The third kappa shape index (κ3) is 4.11. The lowest BCUT2D eigenvalue weighted by molar-refractivity contribution is 0.600. The van der Waals surface area contributed by atoms with Crippen LogP contribution in [0.2, 0.25) is 0 Å². The molecule has 0 heterocycles. The van der Waals surface area contributed by atoms with Crippen molar-refractivity contribution in [2.45, 2.75) is 21.6 Å². The van der Waals surface area contributed by atoms with Gasteiger partial charge in [0.2, 0.25) is 0 Å². The van der Waals surface area contributed by atoms with E-state index < -0.39 is 19.7 Å². The Morgan fingerprint density at radius 2 is 1.04 bits per heavy atom. The first-order valence-electron chi connectivity index (χ1n) is 6.86. The van der Waals surface area contributed by atoms with Gasteiger partial charge >= 0.3 is 0 Å². The molecule has 0 saturated heterocycles. The van der Waals surface area contributed by atoms with E-state index in [-0.39, 0.29) is 21.6 Å². The maximum Gasteiger partial charge on any atom is 0.175 e. The first kappa shape index (κ1) is 19.2. The Labute approximate surface area is 152 Å². The van der Waals surface area contributed by atoms with Crippen molar-refractivity contribution >= 4 is 42.9 Å². The summed E-state index contributed by atoms with van der Waals surface area (Å²) in [5.74, 6) is 0.314. The highest BCUT2D eigenvalue weighted by Gasteiger charge is 2.17. The highest BCUT2D eigenvalue weighted by atomic mass is 35.5. The predicted molar refractivity (Wildman–Crippen MR) is 97.2 cm³/mol. The lowest BCUT2D eigenvalue weighted by Gasteiger charge is -2.14. The zero-order valence-corrected chi connectivity index (χ0v) is 16.2. The van der Waals surface area contributed by atoms with E-state index in [0.29, 0.717) is 22.3 Å².